The molecule has 1 unspecified atom stereocenters. The summed E-state index contributed by atoms with van der Waals surface area (Å²) in [5.74, 6) is -0.358. The van der Waals surface area contributed by atoms with Crippen LogP contribution in [-0.2, 0) is 0 Å². The molecule has 0 bridgehead atoms. The number of nitrogens with one attached hydrogen (secondary N) is 1. The number of aromatic carboxylic acids is 1. The Morgan fingerprint density at radius 2 is 1.91 bits per heavy atom. The van der Waals surface area contributed by atoms with E-state index in [4.69, 9.17) is 25.1 Å². The highest BCUT2D eigenvalue weighted by Gasteiger charge is 2.20. The van der Waals surface area contributed by atoms with Gasteiger partial charge in [-0.25, -0.2) is 4.79 Å². The van der Waals surface area contributed by atoms with E-state index in [2.05, 4.69) is 10.3 Å². The molecule has 1 amide bonds. The van der Waals surface area contributed by atoms with Gasteiger partial charge in [-0.15, -0.1) is 0 Å². The normalized spacial score (nSPS) is 11.6. The minimum Gasteiger partial charge on any atom is -0.493 e. The number of hydrogen-bond acceptors (Lipinski definition) is 8. The van der Waals surface area contributed by atoms with Gasteiger partial charge in [0.05, 0.1) is 42.0 Å². The third kappa shape index (κ3) is 5.29. The zero-order chi connectivity index (χ0) is 24.8. The first-order valence-electron chi connectivity index (χ1n) is 10.5. The minimum atomic E-state index is -1.17. The van der Waals surface area contributed by atoms with Crippen LogP contribution in [0.15, 0.2) is 36.4 Å². The highest BCUT2D eigenvalue weighted by Crippen LogP contribution is 2.33. The number of aromatic nitrogens is 1. The fourth-order valence-electron chi connectivity index (χ4n) is 3.48. The van der Waals surface area contributed by atoms with Gasteiger partial charge in [-0.05, 0) is 44.2 Å². The SMILES string of the molecule is COc1ccc(C(=O)NC(C)COc2cccc3nc(C)c(C(=O)O)c(N)c23)cc1OCCO. The predicted molar refractivity (Wildman–Crippen MR) is 126 cm³/mol. The van der Waals surface area contributed by atoms with Gasteiger partial charge in [-0.3, -0.25) is 9.78 Å². The van der Waals surface area contributed by atoms with Crippen molar-refractivity contribution in [3.8, 4) is 17.2 Å². The molecule has 1 atom stereocenters. The third-order valence-corrected chi connectivity index (χ3v) is 5.05. The van der Waals surface area contributed by atoms with Crippen LogP contribution in [0.5, 0.6) is 17.2 Å². The van der Waals surface area contributed by atoms with Crippen LogP contribution in [0.1, 0.15) is 33.3 Å². The summed E-state index contributed by atoms with van der Waals surface area (Å²) in [6, 6.07) is 9.47. The molecule has 0 saturated heterocycles. The highest BCUT2D eigenvalue weighted by atomic mass is 16.5. The Morgan fingerprint density at radius 1 is 1.15 bits per heavy atom. The number of carbonyl (C=O) groups is 2. The second kappa shape index (κ2) is 10.7. The van der Waals surface area contributed by atoms with Gasteiger partial charge < -0.3 is 35.5 Å². The van der Waals surface area contributed by atoms with Gasteiger partial charge in [-0.1, -0.05) is 6.07 Å². The smallest absolute Gasteiger partial charge is 0.339 e. The van der Waals surface area contributed by atoms with E-state index in [1.54, 1.807) is 44.2 Å². The van der Waals surface area contributed by atoms with Crippen molar-refractivity contribution in [2.45, 2.75) is 19.9 Å². The van der Waals surface area contributed by atoms with Crippen molar-refractivity contribution in [3.05, 3.63) is 53.2 Å². The number of nitrogens with zero attached hydrogens (tertiary/aromatic N) is 1. The Morgan fingerprint density at radius 3 is 2.59 bits per heavy atom. The number of hydrogen-bond donors (Lipinski definition) is 4. The van der Waals surface area contributed by atoms with Gasteiger partial charge >= 0.3 is 5.97 Å². The largest absolute Gasteiger partial charge is 0.493 e. The maximum absolute atomic E-state index is 12.7. The molecule has 0 fully saturated rings. The molecule has 0 spiro atoms. The first kappa shape index (κ1) is 24.6. The van der Waals surface area contributed by atoms with Gasteiger partial charge in [0.25, 0.3) is 5.91 Å². The molecule has 0 radical (unpaired) electrons. The summed E-state index contributed by atoms with van der Waals surface area (Å²) < 4.78 is 16.5. The number of rotatable bonds is 10. The lowest BCUT2D eigenvalue weighted by molar-refractivity contribution is 0.0696. The Labute approximate surface area is 196 Å². The summed E-state index contributed by atoms with van der Waals surface area (Å²) in [5.41, 5.74) is 7.34. The minimum absolute atomic E-state index is 0.0661. The maximum Gasteiger partial charge on any atom is 0.339 e. The summed E-state index contributed by atoms with van der Waals surface area (Å²) in [6.07, 6.45) is 0. The van der Waals surface area contributed by atoms with Crippen molar-refractivity contribution in [1.82, 2.24) is 10.3 Å². The van der Waals surface area contributed by atoms with Crippen molar-refractivity contribution in [3.63, 3.8) is 0 Å². The van der Waals surface area contributed by atoms with E-state index in [0.717, 1.165) is 0 Å². The zero-order valence-corrected chi connectivity index (χ0v) is 19.1. The quantitative estimate of drug-likeness (QED) is 0.350. The van der Waals surface area contributed by atoms with E-state index >= 15 is 0 Å². The number of aryl methyl sites for hydroxylation is 1. The van der Waals surface area contributed by atoms with E-state index in [0.29, 0.717) is 39.4 Å². The summed E-state index contributed by atoms with van der Waals surface area (Å²) in [5, 5.41) is 21.7. The van der Waals surface area contributed by atoms with E-state index in [9.17, 15) is 14.7 Å². The van der Waals surface area contributed by atoms with Crippen molar-refractivity contribution < 1.29 is 34.0 Å². The molecule has 1 heterocycles. The summed E-state index contributed by atoms with van der Waals surface area (Å²) in [6.45, 7) is 3.35. The molecule has 0 aliphatic rings. The van der Waals surface area contributed by atoms with Crippen LogP contribution < -0.4 is 25.3 Å². The van der Waals surface area contributed by atoms with E-state index in [-0.39, 0.29) is 37.0 Å². The molecule has 0 aliphatic carbocycles. The highest BCUT2D eigenvalue weighted by molar-refractivity contribution is 6.06. The molecule has 180 valence electrons. The number of aliphatic hydroxyl groups excluding tert-OH is 1. The molecule has 10 heteroatoms. The number of amides is 1. The van der Waals surface area contributed by atoms with Gasteiger partial charge in [0.15, 0.2) is 11.5 Å². The topological polar surface area (TPSA) is 153 Å². The number of fused-ring (bicyclic) bond motifs is 1. The van der Waals surface area contributed by atoms with Crippen LogP contribution in [0, 0.1) is 6.92 Å². The number of carboxylic acids is 1. The first-order valence-corrected chi connectivity index (χ1v) is 10.5. The monoisotopic (exact) mass is 469 g/mol. The number of pyridine rings is 1. The Kier molecular flexibility index (Phi) is 7.75. The fraction of sp³-hybridized carbons (Fsp3) is 0.292. The van der Waals surface area contributed by atoms with E-state index < -0.39 is 12.0 Å². The van der Waals surface area contributed by atoms with Crippen LogP contribution in [0.25, 0.3) is 10.9 Å². The number of aliphatic hydroxyl groups is 1. The molecule has 5 N–H and O–H groups in total. The zero-order valence-electron chi connectivity index (χ0n) is 19.1. The number of ether oxygens (including phenoxy) is 3. The second-order valence-electron chi connectivity index (χ2n) is 7.56. The molecular weight excluding hydrogens is 442 g/mol. The Balaban J connectivity index is 1.74. The summed E-state index contributed by atoms with van der Waals surface area (Å²) in [4.78, 5) is 28.6. The van der Waals surface area contributed by atoms with Crippen molar-refractivity contribution in [2.24, 2.45) is 0 Å². The number of methoxy groups -OCH3 is 1. The molecular formula is C24H27N3O7. The van der Waals surface area contributed by atoms with Crippen LogP contribution in [0.2, 0.25) is 0 Å². The van der Waals surface area contributed by atoms with Crippen molar-refractivity contribution in [2.75, 3.05) is 32.7 Å². The Bertz CT molecular complexity index is 1210. The molecule has 3 aromatic rings. The number of benzene rings is 2. The third-order valence-electron chi connectivity index (χ3n) is 5.05. The van der Waals surface area contributed by atoms with Gasteiger partial charge in [0, 0.05) is 5.56 Å². The van der Waals surface area contributed by atoms with Gasteiger partial charge in [-0.2, -0.15) is 0 Å². The standard InChI is InChI=1S/C24H27N3O7/c1-13(26-23(29)15-7-8-17(32-3)19(11-15)33-10-9-28)12-34-18-6-4-5-16-21(18)22(25)20(24(30)31)14(2)27-16/h4-8,11,13,28H,9-10,12H2,1-3H3,(H2,25,27)(H,26,29)(H,30,31). The van der Waals surface area contributed by atoms with Crippen LogP contribution in [-0.4, -0.2) is 60.0 Å². The van der Waals surface area contributed by atoms with Crippen molar-refractivity contribution >= 4 is 28.5 Å². The lowest BCUT2D eigenvalue weighted by Gasteiger charge is -2.18. The predicted octanol–water partition coefficient (Wildman–Crippen LogP) is 2.40. The molecule has 3 rings (SSSR count). The van der Waals surface area contributed by atoms with Crippen LogP contribution >= 0.6 is 0 Å². The average molecular weight is 469 g/mol. The van der Waals surface area contributed by atoms with E-state index in [1.165, 1.54) is 13.2 Å². The van der Waals surface area contributed by atoms with Gasteiger partial charge in [0.1, 0.15) is 24.5 Å². The summed E-state index contributed by atoms with van der Waals surface area (Å²) in [7, 11) is 1.48. The lowest BCUT2D eigenvalue weighted by atomic mass is 10.1. The number of nitrogens with two attached hydrogens (primary N) is 1. The molecule has 0 saturated carbocycles. The molecule has 10 nitrogen and oxygen atoms in total. The lowest BCUT2D eigenvalue weighted by Crippen LogP contribution is -2.36. The number of carboxylic acid groups (broad SMARTS) is 1. The average Bonchev–Trinajstić information content (AvgIpc) is 2.80. The van der Waals surface area contributed by atoms with Crippen LogP contribution in [0.4, 0.5) is 5.69 Å². The Hall–Kier alpha value is -4.05. The van der Waals surface area contributed by atoms with E-state index in [1.807, 2.05) is 0 Å². The molecule has 0 aliphatic heterocycles. The van der Waals surface area contributed by atoms with Gasteiger partial charge in [0.2, 0.25) is 0 Å². The molecule has 1 aromatic heterocycles. The molecule has 34 heavy (non-hydrogen) atoms. The summed E-state index contributed by atoms with van der Waals surface area (Å²) >= 11 is 0. The fourth-order valence-corrected chi connectivity index (χ4v) is 3.48. The first-order chi connectivity index (χ1) is 16.3. The van der Waals surface area contributed by atoms with Crippen LogP contribution in [0.3, 0.4) is 0 Å². The number of anilines is 1. The van der Waals surface area contributed by atoms with Crippen molar-refractivity contribution in [1.29, 1.82) is 0 Å². The second-order valence-corrected chi connectivity index (χ2v) is 7.56. The maximum atomic E-state index is 12.7. The molecule has 2 aromatic carbocycles. The number of nitrogen functional groups attached to an aromatic ring is 1. The number of carbonyl (C=O) groups excluding carboxylic acids is 1.